The molecule has 3 unspecified atom stereocenters. The van der Waals surface area contributed by atoms with Crippen LogP contribution in [0.1, 0.15) is 26.7 Å². The Hall–Kier alpha value is 2.77. The Morgan fingerprint density at radius 1 is 1.14 bits per heavy atom. The summed E-state index contributed by atoms with van der Waals surface area (Å²) in [6.45, 7) is 3.26. The number of methoxy groups -OCH3 is 1. The minimum atomic E-state index is -5.58. The molecule has 0 heterocycles. The SMILES string of the molecule is CCC(CC(C)CP(=O)([O-])OP(=O)([O-])[O-])C(=O)OC.[Na+].[Na+].[Na+]. The van der Waals surface area contributed by atoms with Crippen LogP contribution in [0.4, 0.5) is 0 Å². The van der Waals surface area contributed by atoms with Gasteiger partial charge < -0.3 is 32.9 Å². The minimum Gasteiger partial charge on any atom is -0.790 e. The summed E-state index contributed by atoms with van der Waals surface area (Å²) in [6, 6.07) is 0. The van der Waals surface area contributed by atoms with Gasteiger partial charge in [0.15, 0.2) is 0 Å². The van der Waals surface area contributed by atoms with Gasteiger partial charge in [-0.15, -0.1) is 0 Å². The molecular formula is C9H17Na3O8P2. The summed E-state index contributed by atoms with van der Waals surface area (Å²) in [5.74, 6) is -1.49. The van der Waals surface area contributed by atoms with Crippen molar-refractivity contribution in [1.82, 2.24) is 0 Å². The van der Waals surface area contributed by atoms with E-state index in [1.54, 1.807) is 6.92 Å². The predicted molar refractivity (Wildman–Crippen MR) is 60.7 cm³/mol. The zero-order valence-electron chi connectivity index (χ0n) is 13.9. The third kappa shape index (κ3) is 16.2. The number of esters is 1. The monoisotopic (exact) mass is 384 g/mol. The van der Waals surface area contributed by atoms with Gasteiger partial charge in [0, 0.05) is 6.16 Å². The van der Waals surface area contributed by atoms with E-state index in [4.69, 9.17) is 0 Å². The van der Waals surface area contributed by atoms with Crippen molar-refractivity contribution in [3.8, 4) is 0 Å². The van der Waals surface area contributed by atoms with Crippen LogP contribution in [0, 0.1) is 11.8 Å². The van der Waals surface area contributed by atoms with Crippen LogP contribution in [0.25, 0.3) is 0 Å². The molecule has 0 aromatic heterocycles. The number of hydrogen-bond donors (Lipinski definition) is 0. The zero-order chi connectivity index (χ0) is 15.3. The van der Waals surface area contributed by atoms with Crippen molar-refractivity contribution >= 4 is 21.4 Å². The van der Waals surface area contributed by atoms with Gasteiger partial charge in [0.05, 0.1) is 20.9 Å². The molecule has 0 saturated carbocycles. The van der Waals surface area contributed by atoms with Gasteiger partial charge in [-0.25, -0.2) is 0 Å². The number of phosphoric acid groups is 1. The van der Waals surface area contributed by atoms with Crippen LogP contribution >= 0.6 is 15.4 Å². The first-order valence-corrected chi connectivity index (χ1v) is 8.81. The molecule has 3 atom stereocenters. The molecule has 0 aliphatic carbocycles. The van der Waals surface area contributed by atoms with E-state index < -0.39 is 39.4 Å². The van der Waals surface area contributed by atoms with Crippen LogP contribution in [0.3, 0.4) is 0 Å². The molecule has 0 aromatic rings. The molecule has 0 spiro atoms. The number of carbonyl (C=O) groups excluding carboxylic acids is 1. The van der Waals surface area contributed by atoms with E-state index >= 15 is 0 Å². The molecule has 0 aliphatic rings. The second kappa shape index (κ2) is 14.9. The number of ether oxygens (including phenoxy) is 1. The van der Waals surface area contributed by atoms with Crippen molar-refractivity contribution < 1.29 is 126 Å². The Bertz CT molecular complexity index is 402. The van der Waals surface area contributed by atoms with Gasteiger partial charge in [-0.3, -0.25) is 4.79 Å². The maximum Gasteiger partial charge on any atom is 1.00 e. The maximum absolute atomic E-state index is 11.3. The molecule has 0 N–H and O–H groups in total. The van der Waals surface area contributed by atoms with Crippen LogP contribution in [0.2, 0.25) is 0 Å². The summed E-state index contributed by atoms with van der Waals surface area (Å²) in [4.78, 5) is 43.1. The van der Waals surface area contributed by atoms with E-state index in [-0.39, 0.29) is 95.1 Å². The largest absolute Gasteiger partial charge is 1.00 e. The molecule has 0 amide bonds. The molecular weight excluding hydrogens is 367 g/mol. The first-order valence-electron chi connectivity index (χ1n) is 5.62. The molecule has 0 aromatic carbocycles. The molecule has 114 valence electrons. The zero-order valence-corrected chi connectivity index (χ0v) is 21.7. The van der Waals surface area contributed by atoms with Crippen LogP contribution in [0.15, 0.2) is 0 Å². The topological polar surface area (TPSA) is 139 Å². The third-order valence-electron chi connectivity index (χ3n) is 2.47. The van der Waals surface area contributed by atoms with Gasteiger partial charge >= 0.3 is 94.6 Å². The fraction of sp³-hybridized carbons (Fsp3) is 0.889. The maximum atomic E-state index is 11.3. The van der Waals surface area contributed by atoms with Crippen molar-refractivity contribution in [3.63, 3.8) is 0 Å². The average molecular weight is 384 g/mol. The molecule has 22 heavy (non-hydrogen) atoms. The fourth-order valence-electron chi connectivity index (χ4n) is 1.72. The van der Waals surface area contributed by atoms with E-state index in [0.717, 1.165) is 0 Å². The summed E-state index contributed by atoms with van der Waals surface area (Å²) in [5.41, 5.74) is 0. The van der Waals surface area contributed by atoms with Gasteiger partial charge in [-0.05, 0) is 18.8 Å². The van der Waals surface area contributed by atoms with E-state index in [0.29, 0.717) is 6.42 Å². The third-order valence-corrected chi connectivity index (χ3v) is 5.34. The fourth-order valence-corrected chi connectivity index (χ4v) is 4.12. The molecule has 0 fully saturated rings. The van der Waals surface area contributed by atoms with Gasteiger partial charge in [0.2, 0.25) is 0 Å². The van der Waals surface area contributed by atoms with Crippen molar-refractivity contribution in [2.75, 3.05) is 13.3 Å². The standard InChI is InChI=1S/C9H20O8P2.3Na/c1-4-8(9(10)16-3)5-7(2)6-18(11,12)17-19(13,14)15;;;/h7-8H,4-6H2,1-3H3,(H,11,12)(H2,13,14,15);;;/q;3*+1/p-3. The first kappa shape index (κ1) is 32.4. The first-order chi connectivity index (χ1) is 8.50. The summed E-state index contributed by atoms with van der Waals surface area (Å²) >= 11 is 0. The van der Waals surface area contributed by atoms with Crippen molar-refractivity contribution in [2.24, 2.45) is 11.8 Å². The van der Waals surface area contributed by atoms with Crippen molar-refractivity contribution in [2.45, 2.75) is 26.7 Å². The van der Waals surface area contributed by atoms with Crippen LogP contribution < -0.4 is 103 Å². The Kier molecular flexibility index (Phi) is 22.0. The second-order valence-corrected chi connectivity index (χ2v) is 7.43. The summed E-state index contributed by atoms with van der Waals surface area (Å²) in [7, 11) is -9.12. The number of rotatable bonds is 8. The summed E-state index contributed by atoms with van der Waals surface area (Å²) < 4.78 is 29.6. The molecule has 8 nitrogen and oxygen atoms in total. The van der Waals surface area contributed by atoms with E-state index in [1.165, 1.54) is 14.0 Å². The van der Waals surface area contributed by atoms with Crippen molar-refractivity contribution in [3.05, 3.63) is 0 Å². The van der Waals surface area contributed by atoms with Gasteiger partial charge in [0.1, 0.15) is 7.60 Å². The number of carbonyl (C=O) groups is 1. The predicted octanol–water partition coefficient (Wildman–Crippen LogP) is -9.38. The van der Waals surface area contributed by atoms with Crippen LogP contribution in [0.5, 0.6) is 0 Å². The molecule has 0 aliphatic heterocycles. The van der Waals surface area contributed by atoms with Crippen LogP contribution in [-0.2, 0) is 23.0 Å². The Morgan fingerprint density at radius 3 is 1.91 bits per heavy atom. The van der Waals surface area contributed by atoms with Crippen molar-refractivity contribution in [1.29, 1.82) is 0 Å². The van der Waals surface area contributed by atoms with E-state index in [2.05, 4.69) is 9.05 Å². The molecule has 0 saturated heterocycles. The molecule has 0 bridgehead atoms. The molecule has 13 heteroatoms. The normalized spacial score (nSPS) is 15.9. The van der Waals surface area contributed by atoms with Gasteiger partial charge in [0.25, 0.3) is 0 Å². The Labute approximate surface area is 197 Å². The van der Waals surface area contributed by atoms with E-state index in [9.17, 15) is 28.6 Å². The Morgan fingerprint density at radius 2 is 1.59 bits per heavy atom. The average Bonchev–Trinajstić information content (AvgIpc) is 2.20. The summed E-state index contributed by atoms with van der Waals surface area (Å²) in [6.07, 6.45) is 0.0262. The summed E-state index contributed by atoms with van der Waals surface area (Å²) in [5, 5.41) is 0. The number of hydrogen-bond acceptors (Lipinski definition) is 8. The smallest absolute Gasteiger partial charge is 0.790 e. The Balaban J connectivity index is -0.000000540. The minimum absolute atomic E-state index is 0. The van der Waals surface area contributed by atoms with E-state index in [1.807, 2.05) is 0 Å². The van der Waals surface area contributed by atoms with Gasteiger partial charge in [-0.2, -0.15) is 0 Å². The molecule has 0 radical (unpaired) electrons. The molecule has 0 rings (SSSR count). The quantitative estimate of drug-likeness (QED) is 0.228. The second-order valence-electron chi connectivity index (χ2n) is 4.29. The van der Waals surface area contributed by atoms with Crippen LogP contribution in [-0.4, -0.2) is 19.2 Å². The van der Waals surface area contributed by atoms with Gasteiger partial charge in [-0.1, -0.05) is 13.8 Å².